The molecule has 206 valence electrons. The predicted octanol–water partition coefficient (Wildman–Crippen LogP) is 3.12. The summed E-state index contributed by atoms with van der Waals surface area (Å²) in [5.74, 6) is 1.12. The number of hydrogen-bond acceptors (Lipinski definition) is 8. The zero-order chi connectivity index (χ0) is 27.0. The fourth-order valence-corrected chi connectivity index (χ4v) is 7.56. The smallest absolute Gasteiger partial charge is 0.186 e. The fourth-order valence-electron chi connectivity index (χ4n) is 7.56. The summed E-state index contributed by atoms with van der Waals surface area (Å²) in [5.41, 5.74) is -1.02. The van der Waals surface area contributed by atoms with Crippen LogP contribution in [-0.4, -0.2) is 99.3 Å². The van der Waals surface area contributed by atoms with Gasteiger partial charge in [0.15, 0.2) is 11.6 Å². The van der Waals surface area contributed by atoms with E-state index in [0.717, 1.165) is 6.42 Å². The van der Waals surface area contributed by atoms with Crippen LogP contribution in [0.25, 0.3) is 0 Å². The number of methoxy groups -OCH3 is 2. The second-order valence-electron chi connectivity index (χ2n) is 10.7. The maximum atomic E-state index is 15.2. The molecule has 1 saturated carbocycles. The van der Waals surface area contributed by atoms with E-state index in [9.17, 15) is 0 Å². The molecule has 8 heteroatoms. The number of carbonyl (C=O) groups excluding carboxylic acids is 2. The SMILES string of the molecule is COc1ccc(C(=O)C2(N3CCOCC3)C3C=CC(C3)C2(C(=O)c2ccc(OC)cc2)N2CCOCC2)cc1. The molecule has 2 saturated heterocycles. The molecular weight excluding hydrogens is 496 g/mol. The Morgan fingerprint density at radius 1 is 0.667 bits per heavy atom. The van der Waals surface area contributed by atoms with Crippen LogP contribution in [0.3, 0.4) is 0 Å². The molecule has 4 aliphatic rings. The van der Waals surface area contributed by atoms with E-state index in [1.54, 1.807) is 14.2 Å². The third kappa shape index (κ3) is 3.88. The first-order chi connectivity index (χ1) is 19.1. The number of fused-ring (bicyclic) bond motifs is 2. The number of rotatable bonds is 8. The van der Waals surface area contributed by atoms with Gasteiger partial charge in [-0.25, -0.2) is 0 Å². The second-order valence-corrected chi connectivity index (χ2v) is 10.7. The monoisotopic (exact) mass is 532 g/mol. The molecule has 0 spiro atoms. The lowest BCUT2D eigenvalue weighted by Crippen LogP contribution is -2.80. The van der Waals surface area contributed by atoms with Gasteiger partial charge in [-0.3, -0.25) is 19.4 Å². The van der Waals surface area contributed by atoms with Crippen LogP contribution in [0, 0.1) is 11.8 Å². The molecule has 2 bridgehead atoms. The van der Waals surface area contributed by atoms with Gasteiger partial charge in [-0.2, -0.15) is 0 Å². The topological polar surface area (TPSA) is 77.5 Å². The largest absolute Gasteiger partial charge is 0.497 e. The van der Waals surface area contributed by atoms with Crippen LogP contribution < -0.4 is 9.47 Å². The van der Waals surface area contributed by atoms with Gasteiger partial charge in [-0.15, -0.1) is 0 Å². The van der Waals surface area contributed by atoms with Crippen molar-refractivity contribution >= 4 is 11.6 Å². The Labute approximate surface area is 229 Å². The summed E-state index contributed by atoms with van der Waals surface area (Å²) < 4.78 is 22.3. The molecule has 2 heterocycles. The fraction of sp³-hybridized carbons (Fsp3) is 0.484. The molecule has 3 fully saturated rings. The number of Topliss-reactive ketones (excluding diaryl/α,β-unsaturated/α-hetero) is 2. The quantitative estimate of drug-likeness (QED) is 0.379. The third-order valence-electron chi connectivity index (χ3n) is 9.15. The maximum Gasteiger partial charge on any atom is 0.186 e. The van der Waals surface area contributed by atoms with Crippen LogP contribution >= 0.6 is 0 Å². The van der Waals surface area contributed by atoms with E-state index in [0.29, 0.717) is 75.2 Å². The van der Waals surface area contributed by atoms with Gasteiger partial charge >= 0.3 is 0 Å². The highest BCUT2D eigenvalue weighted by Crippen LogP contribution is 2.61. The zero-order valence-electron chi connectivity index (χ0n) is 22.6. The molecule has 2 aromatic rings. The molecule has 2 aliphatic carbocycles. The zero-order valence-corrected chi connectivity index (χ0v) is 22.6. The van der Waals surface area contributed by atoms with Crippen LogP contribution in [0.1, 0.15) is 27.1 Å². The van der Waals surface area contributed by atoms with Gasteiger partial charge in [0.05, 0.1) is 40.6 Å². The molecule has 0 aromatic heterocycles. The minimum atomic E-state index is -1.10. The number of nitrogens with zero attached hydrogens (tertiary/aromatic N) is 2. The van der Waals surface area contributed by atoms with Crippen molar-refractivity contribution in [2.45, 2.75) is 17.5 Å². The normalized spacial score (nSPS) is 30.8. The van der Waals surface area contributed by atoms with Crippen LogP contribution in [0.4, 0.5) is 0 Å². The summed E-state index contributed by atoms with van der Waals surface area (Å²) in [6.07, 6.45) is 5.11. The summed E-state index contributed by atoms with van der Waals surface area (Å²) in [6.45, 7) is 4.43. The number of benzene rings is 2. The van der Waals surface area contributed by atoms with E-state index in [1.807, 2.05) is 48.5 Å². The highest BCUT2D eigenvalue weighted by molar-refractivity contribution is 6.15. The number of morpholine rings is 2. The highest BCUT2D eigenvalue weighted by Gasteiger charge is 2.76. The number of ether oxygens (including phenoxy) is 4. The van der Waals surface area contributed by atoms with Gasteiger partial charge in [0, 0.05) is 49.1 Å². The summed E-state index contributed by atoms with van der Waals surface area (Å²) in [5, 5.41) is 0. The van der Waals surface area contributed by atoms with E-state index in [2.05, 4.69) is 22.0 Å². The van der Waals surface area contributed by atoms with E-state index in [1.165, 1.54) is 0 Å². The Hall–Kier alpha value is -3.04. The Bertz CT molecular complexity index is 1140. The molecular formula is C31H36N2O6. The van der Waals surface area contributed by atoms with Crippen molar-refractivity contribution < 1.29 is 28.5 Å². The molecule has 0 amide bonds. The lowest BCUT2D eigenvalue weighted by Gasteiger charge is -2.60. The molecule has 0 radical (unpaired) electrons. The van der Waals surface area contributed by atoms with E-state index < -0.39 is 11.1 Å². The summed E-state index contributed by atoms with van der Waals surface area (Å²) >= 11 is 0. The van der Waals surface area contributed by atoms with Gasteiger partial charge in [-0.05, 0) is 55.0 Å². The molecule has 2 aromatic carbocycles. The first-order valence-corrected chi connectivity index (χ1v) is 13.8. The minimum absolute atomic E-state index is 0.0164. The average Bonchev–Trinajstić information content (AvgIpc) is 3.61. The standard InChI is InChI=1S/C31H36N2O6/c1-36-26-9-3-22(4-10-26)28(34)30(32-13-17-38-18-14-32)24-7-8-25(21-24)31(30,33-15-19-39-20-16-33)29(35)23-5-11-27(37-2)12-6-23/h3-12,24-25H,13-21H2,1-2H3. The van der Waals surface area contributed by atoms with Crippen molar-refractivity contribution in [3.63, 3.8) is 0 Å². The van der Waals surface area contributed by atoms with Crippen LogP contribution in [-0.2, 0) is 9.47 Å². The predicted molar refractivity (Wildman–Crippen MR) is 146 cm³/mol. The van der Waals surface area contributed by atoms with Crippen LogP contribution in [0.5, 0.6) is 11.5 Å². The first kappa shape index (κ1) is 26.2. The Kier molecular flexibility index (Phi) is 7.05. The van der Waals surface area contributed by atoms with Gasteiger partial charge in [0.25, 0.3) is 0 Å². The molecule has 4 atom stereocenters. The highest BCUT2D eigenvalue weighted by atomic mass is 16.5. The third-order valence-corrected chi connectivity index (χ3v) is 9.15. The number of carbonyl (C=O) groups is 2. The summed E-state index contributed by atoms with van der Waals surface area (Å²) in [4.78, 5) is 34.9. The van der Waals surface area contributed by atoms with Crippen molar-refractivity contribution in [2.24, 2.45) is 11.8 Å². The van der Waals surface area contributed by atoms with Crippen molar-refractivity contribution in [3.8, 4) is 11.5 Å². The van der Waals surface area contributed by atoms with E-state index >= 15 is 9.59 Å². The maximum absolute atomic E-state index is 15.2. The van der Waals surface area contributed by atoms with Gasteiger partial charge in [0.1, 0.15) is 22.6 Å². The first-order valence-electron chi connectivity index (χ1n) is 13.8. The summed E-state index contributed by atoms with van der Waals surface area (Å²) in [7, 11) is 3.23. The lowest BCUT2D eigenvalue weighted by molar-refractivity contribution is -0.0994. The molecule has 8 nitrogen and oxygen atoms in total. The molecule has 2 aliphatic heterocycles. The number of ketones is 2. The lowest BCUT2D eigenvalue weighted by atomic mass is 9.60. The summed E-state index contributed by atoms with van der Waals surface area (Å²) in [6, 6.07) is 14.6. The minimum Gasteiger partial charge on any atom is -0.497 e. The van der Waals surface area contributed by atoms with Gasteiger partial charge < -0.3 is 18.9 Å². The van der Waals surface area contributed by atoms with Crippen molar-refractivity contribution in [3.05, 3.63) is 71.8 Å². The van der Waals surface area contributed by atoms with E-state index in [4.69, 9.17) is 18.9 Å². The molecule has 6 rings (SSSR count). The van der Waals surface area contributed by atoms with Gasteiger partial charge in [-0.1, -0.05) is 12.2 Å². The molecule has 39 heavy (non-hydrogen) atoms. The van der Waals surface area contributed by atoms with E-state index in [-0.39, 0.29) is 23.4 Å². The number of hydrogen-bond donors (Lipinski definition) is 0. The Balaban J connectivity index is 1.59. The average molecular weight is 533 g/mol. The van der Waals surface area contributed by atoms with Crippen molar-refractivity contribution in [1.82, 2.24) is 9.80 Å². The second kappa shape index (κ2) is 10.5. The van der Waals surface area contributed by atoms with Crippen molar-refractivity contribution in [1.29, 1.82) is 0 Å². The Morgan fingerprint density at radius 2 is 1.03 bits per heavy atom. The van der Waals surface area contributed by atoms with Gasteiger partial charge in [0.2, 0.25) is 0 Å². The Morgan fingerprint density at radius 3 is 1.36 bits per heavy atom. The van der Waals surface area contributed by atoms with Crippen LogP contribution in [0.2, 0.25) is 0 Å². The molecule has 4 unspecified atom stereocenters. The van der Waals surface area contributed by atoms with Crippen molar-refractivity contribution in [2.75, 3.05) is 66.8 Å². The van der Waals surface area contributed by atoms with Crippen LogP contribution in [0.15, 0.2) is 60.7 Å². The molecule has 0 N–H and O–H groups in total.